The molecule has 5 rings (SSSR count). The van der Waals surface area contributed by atoms with Gasteiger partial charge in [-0.05, 0) is 55.0 Å². The van der Waals surface area contributed by atoms with Crippen molar-refractivity contribution < 1.29 is 19.1 Å². The Morgan fingerprint density at radius 1 is 1.06 bits per heavy atom. The van der Waals surface area contributed by atoms with E-state index in [1.54, 1.807) is 22.9 Å². The fourth-order valence-electron chi connectivity index (χ4n) is 3.69. The van der Waals surface area contributed by atoms with Crippen LogP contribution in [0.4, 0.5) is 11.4 Å². The average Bonchev–Trinajstić information content (AvgIpc) is 3.47. The van der Waals surface area contributed by atoms with Gasteiger partial charge in [0.1, 0.15) is 5.70 Å². The van der Waals surface area contributed by atoms with E-state index in [1.165, 1.54) is 11.8 Å². The van der Waals surface area contributed by atoms with Crippen LogP contribution >= 0.6 is 11.8 Å². The van der Waals surface area contributed by atoms with Crippen molar-refractivity contribution in [2.75, 3.05) is 29.4 Å². The van der Waals surface area contributed by atoms with Crippen molar-refractivity contribution in [2.24, 2.45) is 4.99 Å². The van der Waals surface area contributed by atoms with E-state index >= 15 is 0 Å². The quantitative estimate of drug-likeness (QED) is 0.483. The Bertz CT molecular complexity index is 1340. The largest absolute Gasteiger partial charge is 0.454 e. The molecule has 0 atom stereocenters. The van der Waals surface area contributed by atoms with Crippen molar-refractivity contribution in [1.29, 1.82) is 0 Å². The number of amides is 2. The lowest BCUT2D eigenvalue weighted by atomic mass is 10.1. The number of thioether (sulfide) groups is 1. The molecule has 0 saturated carbocycles. The van der Waals surface area contributed by atoms with Crippen molar-refractivity contribution >= 4 is 46.2 Å². The highest BCUT2D eigenvalue weighted by atomic mass is 32.2. The Hall–Kier alpha value is -4.04. The fourth-order valence-corrected chi connectivity index (χ4v) is 4.62. The molecule has 2 aliphatic heterocycles. The van der Waals surface area contributed by atoms with Gasteiger partial charge in [0.15, 0.2) is 16.7 Å². The topological polar surface area (TPSA) is 71.4 Å². The number of amidine groups is 1. The maximum absolute atomic E-state index is 13.4. The van der Waals surface area contributed by atoms with Gasteiger partial charge in [0, 0.05) is 12.7 Å². The van der Waals surface area contributed by atoms with Crippen LogP contribution in [0, 0.1) is 6.92 Å². The molecule has 0 spiro atoms. The van der Waals surface area contributed by atoms with E-state index < -0.39 is 0 Å². The van der Waals surface area contributed by atoms with Crippen molar-refractivity contribution in [2.45, 2.75) is 6.92 Å². The van der Waals surface area contributed by atoms with E-state index in [4.69, 9.17) is 9.47 Å². The van der Waals surface area contributed by atoms with Crippen LogP contribution in [-0.2, 0) is 9.59 Å². The number of benzene rings is 3. The maximum Gasteiger partial charge on any atom is 0.283 e. The number of aryl methyl sites for hydroxylation is 1. The Morgan fingerprint density at radius 2 is 1.80 bits per heavy atom. The summed E-state index contributed by atoms with van der Waals surface area (Å²) in [6.45, 7) is 2.17. The number of rotatable bonds is 5. The normalized spacial score (nSPS) is 15.5. The van der Waals surface area contributed by atoms with Gasteiger partial charge in [-0.25, -0.2) is 4.99 Å². The molecular weight excluding hydrogens is 462 g/mol. The Labute approximate surface area is 207 Å². The monoisotopic (exact) mass is 485 g/mol. The fraction of sp³-hybridized carbons (Fsp3) is 0.148. The zero-order valence-electron chi connectivity index (χ0n) is 19.3. The molecule has 176 valence electrons. The highest BCUT2D eigenvalue weighted by Gasteiger charge is 2.32. The first-order valence-electron chi connectivity index (χ1n) is 11.1. The molecule has 3 aromatic carbocycles. The maximum atomic E-state index is 13.4. The van der Waals surface area contributed by atoms with Crippen molar-refractivity contribution in [1.82, 2.24) is 0 Å². The number of aliphatic imine (C=N–C) groups is 1. The molecule has 0 radical (unpaired) electrons. The first kappa shape index (κ1) is 22.7. The van der Waals surface area contributed by atoms with Crippen LogP contribution < -0.4 is 19.3 Å². The van der Waals surface area contributed by atoms with E-state index in [1.807, 2.05) is 79.7 Å². The van der Waals surface area contributed by atoms with E-state index in [-0.39, 0.29) is 30.1 Å². The molecule has 0 aromatic heterocycles. The van der Waals surface area contributed by atoms with Crippen LogP contribution in [0.5, 0.6) is 11.5 Å². The molecule has 0 N–H and O–H groups in total. The smallest absolute Gasteiger partial charge is 0.283 e. The number of hydrogen-bond donors (Lipinski definition) is 0. The Morgan fingerprint density at radius 3 is 2.57 bits per heavy atom. The lowest BCUT2D eigenvalue weighted by molar-refractivity contribution is -0.116. The van der Waals surface area contributed by atoms with Crippen LogP contribution in [0.15, 0.2) is 83.5 Å². The van der Waals surface area contributed by atoms with Gasteiger partial charge >= 0.3 is 0 Å². The van der Waals surface area contributed by atoms with Gasteiger partial charge in [-0.2, -0.15) is 0 Å². The van der Waals surface area contributed by atoms with Crippen LogP contribution in [0.3, 0.4) is 0 Å². The third-order valence-electron chi connectivity index (χ3n) is 5.66. The number of para-hydroxylation sites is 1. The van der Waals surface area contributed by atoms with Gasteiger partial charge in [0.2, 0.25) is 12.7 Å². The number of fused-ring (bicyclic) bond motifs is 1. The molecule has 7 nitrogen and oxygen atoms in total. The average molecular weight is 486 g/mol. The minimum atomic E-state index is -0.252. The second-order valence-electron chi connectivity index (χ2n) is 8.09. The molecule has 0 unspecified atom stereocenters. The molecule has 3 aromatic rings. The molecule has 0 fully saturated rings. The standard InChI is InChI=1S/C27H23N3O4S/c1-18-8-11-21(12-9-18)30-26(32)22(14-19-10-13-23-24(15-19)34-17-33-23)28-27(30)35-16-25(31)29(2)20-6-4-3-5-7-20/h3-15H,16-17H2,1-2H3. The van der Waals surface area contributed by atoms with E-state index in [0.29, 0.717) is 22.4 Å². The lowest BCUT2D eigenvalue weighted by Gasteiger charge is -2.20. The van der Waals surface area contributed by atoms with Gasteiger partial charge in [-0.3, -0.25) is 14.5 Å². The number of nitrogens with zero attached hydrogens (tertiary/aromatic N) is 3. The third-order valence-corrected chi connectivity index (χ3v) is 6.59. The van der Waals surface area contributed by atoms with E-state index in [9.17, 15) is 9.59 Å². The number of carbonyl (C=O) groups excluding carboxylic acids is 2. The highest BCUT2D eigenvalue weighted by molar-refractivity contribution is 8.14. The summed E-state index contributed by atoms with van der Waals surface area (Å²) >= 11 is 1.24. The van der Waals surface area contributed by atoms with Gasteiger partial charge in [0.25, 0.3) is 5.91 Å². The Kier molecular flexibility index (Phi) is 6.29. The minimum absolute atomic E-state index is 0.0894. The summed E-state index contributed by atoms with van der Waals surface area (Å²) in [6, 6.07) is 22.6. The van der Waals surface area contributed by atoms with Crippen LogP contribution in [-0.4, -0.2) is 36.6 Å². The molecule has 35 heavy (non-hydrogen) atoms. The summed E-state index contributed by atoms with van der Waals surface area (Å²) in [5.41, 5.74) is 3.65. The molecule has 2 aliphatic rings. The lowest BCUT2D eigenvalue weighted by Crippen LogP contribution is -2.33. The van der Waals surface area contributed by atoms with Crippen LogP contribution in [0.2, 0.25) is 0 Å². The molecule has 2 amide bonds. The summed E-state index contributed by atoms with van der Waals surface area (Å²) < 4.78 is 10.8. The van der Waals surface area contributed by atoms with Crippen molar-refractivity contribution in [3.63, 3.8) is 0 Å². The summed E-state index contributed by atoms with van der Waals surface area (Å²) in [7, 11) is 1.74. The number of hydrogen-bond acceptors (Lipinski definition) is 6. The van der Waals surface area contributed by atoms with E-state index in [0.717, 1.165) is 16.8 Å². The summed E-state index contributed by atoms with van der Waals surface area (Å²) in [6.07, 6.45) is 1.72. The van der Waals surface area contributed by atoms with Gasteiger partial charge in [0.05, 0.1) is 11.4 Å². The first-order valence-corrected chi connectivity index (χ1v) is 12.0. The van der Waals surface area contributed by atoms with Crippen LogP contribution in [0.25, 0.3) is 6.08 Å². The highest BCUT2D eigenvalue weighted by Crippen LogP contribution is 2.34. The van der Waals surface area contributed by atoms with Gasteiger partial charge < -0.3 is 14.4 Å². The second kappa shape index (κ2) is 9.68. The summed E-state index contributed by atoms with van der Waals surface area (Å²) in [5.74, 6) is 1.10. The molecule has 0 saturated heterocycles. The Balaban J connectivity index is 1.41. The molecule has 0 aliphatic carbocycles. The SMILES string of the molecule is Cc1ccc(N2C(=O)C(=Cc3ccc4c(c3)OCO4)N=C2SCC(=O)N(C)c2ccccc2)cc1. The molecule has 8 heteroatoms. The minimum Gasteiger partial charge on any atom is -0.454 e. The molecule has 2 heterocycles. The second-order valence-corrected chi connectivity index (χ2v) is 9.03. The zero-order valence-corrected chi connectivity index (χ0v) is 20.1. The van der Waals surface area contributed by atoms with Gasteiger partial charge in [-0.15, -0.1) is 0 Å². The summed E-state index contributed by atoms with van der Waals surface area (Å²) in [4.78, 5) is 34.0. The predicted molar refractivity (Wildman–Crippen MR) is 139 cm³/mol. The van der Waals surface area contributed by atoms with E-state index in [2.05, 4.69) is 4.99 Å². The number of ether oxygens (including phenoxy) is 2. The van der Waals surface area contributed by atoms with Gasteiger partial charge in [-0.1, -0.05) is 53.7 Å². The number of anilines is 2. The summed E-state index contributed by atoms with van der Waals surface area (Å²) in [5, 5.41) is 0.459. The molecular formula is C27H23N3O4S. The third kappa shape index (κ3) is 4.79. The first-order chi connectivity index (χ1) is 17.0. The van der Waals surface area contributed by atoms with Crippen molar-refractivity contribution in [3.05, 3.63) is 89.6 Å². The predicted octanol–water partition coefficient (Wildman–Crippen LogP) is 4.86. The number of carbonyl (C=O) groups is 2. The zero-order chi connectivity index (χ0) is 24.4. The molecule has 0 bridgehead atoms. The van der Waals surface area contributed by atoms with Crippen LogP contribution in [0.1, 0.15) is 11.1 Å². The van der Waals surface area contributed by atoms with Crippen molar-refractivity contribution in [3.8, 4) is 11.5 Å².